The molecule has 0 unspecified atom stereocenters. The number of nitrogens with one attached hydrogen (secondary N) is 1. The van der Waals surface area contributed by atoms with Crippen LogP contribution >= 0.6 is 0 Å². The van der Waals surface area contributed by atoms with Gasteiger partial charge in [0.2, 0.25) is 0 Å². The van der Waals surface area contributed by atoms with E-state index in [1.165, 1.54) is 5.56 Å². The molecule has 0 saturated carbocycles. The van der Waals surface area contributed by atoms with Crippen LogP contribution in [0, 0.1) is 30.9 Å². The fraction of sp³-hybridized carbons (Fsp3) is 0.208. The predicted octanol–water partition coefficient (Wildman–Crippen LogP) is 4.26. The first-order chi connectivity index (χ1) is 15.8. The Labute approximate surface area is 190 Å². The van der Waals surface area contributed by atoms with Crippen LogP contribution in [0.5, 0.6) is 0 Å². The summed E-state index contributed by atoms with van der Waals surface area (Å²) in [7, 11) is 0. The van der Waals surface area contributed by atoms with E-state index in [4.69, 9.17) is 0 Å². The number of aryl methyl sites for hydroxylation is 2. The molecule has 2 aromatic carbocycles. The SMILES string of the molecule is Cc1ccccc1Cn1ccc(NC(=O)c2cccc(Cn3nc(C)c([N+](=O)[O-])c3C)c2)n1. The van der Waals surface area contributed by atoms with Gasteiger partial charge in [-0.15, -0.1) is 0 Å². The summed E-state index contributed by atoms with van der Waals surface area (Å²) in [4.78, 5) is 23.6. The van der Waals surface area contributed by atoms with E-state index in [9.17, 15) is 14.9 Å². The number of hydrogen-bond donors (Lipinski definition) is 1. The van der Waals surface area contributed by atoms with Crippen molar-refractivity contribution in [3.63, 3.8) is 0 Å². The normalized spacial score (nSPS) is 10.9. The molecular formula is C24H24N6O3. The lowest BCUT2D eigenvalue weighted by atomic mass is 10.1. The minimum Gasteiger partial charge on any atom is -0.305 e. The number of benzene rings is 2. The molecule has 0 fully saturated rings. The maximum Gasteiger partial charge on any atom is 0.312 e. The Morgan fingerprint density at radius 3 is 2.55 bits per heavy atom. The second kappa shape index (κ2) is 9.07. The summed E-state index contributed by atoms with van der Waals surface area (Å²) in [6.45, 7) is 6.28. The Bertz CT molecular complexity index is 1340. The van der Waals surface area contributed by atoms with E-state index in [-0.39, 0.29) is 11.6 Å². The van der Waals surface area contributed by atoms with Crippen LogP contribution in [0.3, 0.4) is 0 Å². The number of amides is 1. The molecule has 4 rings (SSSR count). The summed E-state index contributed by atoms with van der Waals surface area (Å²) in [5.41, 5.74) is 4.49. The molecule has 0 radical (unpaired) electrons. The minimum atomic E-state index is -0.420. The highest BCUT2D eigenvalue weighted by Crippen LogP contribution is 2.23. The van der Waals surface area contributed by atoms with Crippen molar-refractivity contribution >= 4 is 17.4 Å². The highest BCUT2D eigenvalue weighted by molar-refractivity contribution is 6.03. The van der Waals surface area contributed by atoms with E-state index < -0.39 is 4.92 Å². The summed E-state index contributed by atoms with van der Waals surface area (Å²) in [5.74, 6) is 0.186. The largest absolute Gasteiger partial charge is 0.312 e. The number of nitrogens with zero attached hydrogens (tertiary/aromatic N) is 5. The van der Waals surface area contributed by atoms with Gasteiger partial charge in [0.1, 0.15) is 11.4 Å². The average Bonchev–Trinajstić information content (AvgIpc) is 3.33. The molecule has 9 heteroatoms. The molecule has 1 N–H and O–H groups in total. The molecule has 168 valence electrons. The molecule has 0 spiro atoms. The third-order valence-electron chi connectivity index (χ3n) is 5.52. The molecule has 0 aliphatic rings. The van der Waals surface area contributed by atoms with Gasteiger partial charge in [0, 0.05) is 17.8 Å². The lowest BCUT2D eigenvalue weighted by Gasteiger charge is -2.07. The molecule has 9 nitrogen and oxygen atoms in total. The Morgan fingerprint density at radius 1 is 1.03 bits per heavy atom. The Balaban J connectivity index is 1.46. The third-order valence-corrected chi connectivity index (χ3v) is 5.52. The van der Waals surface area contributed by atoms with Gasteiger partial charge in [-0.3, -0.25) is 24.3 Å². The van der Waals surface area contributed by atoms with Crippen LogP contribution in [-0.2, 0) is 13.1 Å². The van der Waals surface area contributed by atoms with Crippen molar-refractivity contribution < 1.29 is 9.72 Å². The smallest absolute Gasteiger partial charge is 0.305 e. The number of nitro groups is 1. The zero-order valence-corrected chi connectivity index (χ0v) is 18.6. The molecule has 0 bridgehead atoms. The van der Waals surface area contributed by atoms with Gasteiger partial charge in [-0.25, -0.2) is 0 Å². The van der Waals surface area contributed by atoms with E-state index >= 15 is 0 Å². The highest BCUT2D eigenvalue weighted by Gasteiger charge is 2.21. The number of carbonyl (C=O) groups is 1. The molecule has 0 aliphatic carbocycles. The Morgan fingerprint density at radius 2 is 1.82 bits per heavy atom. The topological polar surface area (TPSA) is 108 Å². The molecular weight excluding hydrogens is 420 g/mol. The predicted molar refractivity (Wildman–Crippen MR) is 124 cm³/mol. The monoisotopic (exact) mass is 444 g/mol. The Kier molecular flexibility index (Phi) is 6.03. The van der Waals surface area contributed by atoms with E-state index in [0.29, 0.717) is 35.9 Å². The zero-order valence-electron chi connectivity index (χ0n) is 18.6. The van der Waals surface area contributed by atoms with Crippen molar-refractivity contribution in [2.75, 3.05) is 5.32 Å². The molecule has 4 aromatic rings. The van der Waals surface area contributed by atoms with Gasteiger partial charge in [-0.1, -0.05) is 36.4 Å². The van der Waals surface area contributed by atoms with E-state index in [2.05, 4.69) is 34.6 Å². The highest BCUT2D eigenvalue weighted by atomic mass is 16.6. The molecule has 0 aliphatic heterocycles. The van der Waals surface area contributed by atoms with Gasteiger partial charge in [0.25, 0.3) is 5.91 Å². The van der Waals surface area contributed by atoms with Crippen LogP contribution in [0.2, 0.25) is 0 Å². The summed E-state index contributed by atoms with van der Waals surface area (Å²) < 4.78 is 3.36. The first-order valence-corrected chi connectivity index (χ1v) is 10.5. The zero-order chi connectivity index (χ0) is 23.5. The molecule has 33 heavy (non-hydrogen) atoms. The maximum absolute atomic E-state index is 12.8. The number of aromatic nitrogens is 4. The molecule has 0 saturated heterocycles. The minimum absolute atomic E-state index is 0.0187. The van der Waals surface area contributed by atoms with Crippen LogP contribution in [0.25, 0.3) is 0 Å². The van der Waals surface area contributed by atoms with E-state index in [1.54, 1.807) is 47.5 Å². The number of carbonyl (C=O) groups excluding carboxylic acids is 1. The molecule has 0 atom stereocenters. The van der Waals surface area contributed by atoms with Gasteiger partial charge >= 0.3 is 5.69 Å². The second-order valence-electron chi connectivity index (χ2n) is 7.91. The first-order valence-electron chi connectivity index (χ1n) is 10.5. The molecule has 2 aromatic heterocycles. The van der Waals surface area contributed by atoms with Gasteiger partial charge in [-0.05, 0) is 49.6 Å². The maximum atomic E-state index is 12.8. The van der Waals surface area contributed by atoms with Crippen LogP contribution in [-0.4, -0.2) is 30.4 Å². The summed E-state index contributed by atoms with van der Waals surface area (Å²) in [5, 5.41) is 22.8. The number of rotatable bonds is 7. The summed E-state index contributed by atoms with van der Waals surface area (Å²) >= 11 is 0. The Hall–Kier alpha value is -4.27. The van der Waals surface area contributed by atoms with E-state index in [0.717, 1.165) is 11.1 Å². The first kappa shape index (κ1) is 21.9. The van der Waals surface area contributed by atoms with Gasteiger partial charge < -0.3 is 5.32 Å². The average molecular weight is 444 g/mol. The van der Waals surface area contributed by atoms with Gasteiger partial charge in [-0.2, -0.15) is 10.2 Å². The quantitative estimate of drug-likeness (QED) is 0.338. The van der Waals surface area contributed by atoms with Gasteiger partial charge in [0.05, 0.1) is 18.0 Å². The van der Waals surface area contributed by atoms with Crippen molar-refractivity contribution in [1.82, 2.24) is 19.6 Å². The van der Waals surface area contributed by atoms with E-state index in [1.807, 2.05) is 24.4 Å². The summed E-state index contributed by atoms with van der Waals surface area (Å²) in [6.07, 6.45) is 1.83. The van der Waals surface area contributed by atoms with Crippen LogP contribution in [0.1, 0.15) is 38.4 Å². The van der Waals surface area contributed by atoms with Crippen molar-refractivity contribution in [3.8, 4) is 0 Å². The molecule has 1 amide bonds. The standard InChI is InChI=1S/C24H24N6O3/c1-16-7-4-5-9-21(16)15-28-12-11-22(27-28)25-24(31)20-10-6-8-19(13-20)14-29-18(3)23(30(32)33)17(2)26-29/h4-13H,14-15H2,1-3H3,(H,25,27,31). The van der Waals surface area contributed by atoms with Gasteiger partial charge in [0.15, 0.2) is 5.82 Å². The fourth-order valence-corrected chi connectivity index (χ4v) is 3.76. The third kappa shape index (κ3) is 4.82. The van der Waals surface area contributed by atoms with Crippen LogP contribution in [0.4, 0.5) is 11.5 Å². The summed E-state index contributed by atoms with van der Waals surface area (Å²) in [6, 6.07) is 17.0. The number of hydrogen-bond acceptors (Lipinski definition) is 5. The van der Waals surface area contributed by atoms with Crippen molar-refractivity contribution in [3.05, 3.63) is 105 Å². The fourth-order valence-electron chi connectivity index (χ4n) is 3.76. The molecule has 2 heterocycles. The number of anilines is 1. The second-order valence-corrected chi connectivity index (χ2v) is 7.91. The van der Waals surface area contributed by atoms with Crippen molar-refractivity contribution in [1.29, 1.82) is 0 Å². The van der Waals surface area contributed by atoms with Crippen molar-refractivity contribution in [2.24, 2.45) is 0 Å². The lowest BCUT2D eigenvalue weighted by molar-refractivity contribution is -0.386. The van der Waals surface area contributed by atoms with Crippen molar-refractivity contribution in [2.45, 2.75) is 33.9 Å². The van der Waals surface area contributed by atoms with Crippen LogP contribution in [0.15, 0.2) is 60.8 Å². The van der Waals surface area contributed by atoms with Crippen LogP contribution < -0.4 is 5.32 Å². The lowest BCUT2D eigenvalue weighted by Crippen LogP contribution is -2.14.